The summed E-state index contributed by atoms with van der Waals surface area (Å²) in [6.07, 6.45) is 2.36. The molecule has 0 aliphatic rings. The van der Waals surface area contributed by atoms with Crippen LogP contribution in [0, 0.1) is 18.6 Å². The average Bonchev–Trinajstić information content (AvgIpc) is 2.67. The highest BCUT2D eigenvalue weighted by molar-refractivity contribution is 8.00. The van der Waals surface area contributed by atoms with Gasteiger partial charge < -0.3 is 14.6 Å². The smallest absolute Gasteiger partial charge is 0.261 e. The minimum atomic E-state index is -1.09. The van der Waals surface area contributed by atoms with E-state index in [0.717, 1.165) is 18.2 Å². The first-order valence-electron chi connectivity index (χ1n) is 8.62. The standard InChI is InChI=1S/C19H19ClF2N4OS/c1-4-7-28-25-14-8-11(21)17(22)18(16(14)20)24-12-5-6-13-15(10(12)2)19(27)26(3)9-23-13/h5-6,8-9,24-25H,4,7H2,1-3H3. The summed E-state index contributed by atoms with van der Waals surface area (Å²) >= 11 is 7.67. The van der Waals surface area contributed by atoms with Crippen LogP contribution in [0.3, 0.4) is 0 Å². The molecule has 0 aliphatic carbocycles. The fraction of sp³-hybridized carbons (Fsp3) is 0.263. The van der Waals surface area contributed by atoms with E-state index in [1.54, 1.807) is 26.1 Å². The molecule has 0 saturated heterocycles. The van der Waals surface area contributed by atoms with Gasteiger partial charge in [0.2, 0.25) is 0 Å². The number of hydrogen-bond acceptors (Lipinski definition) is 5. The summed E-state index contributed by atoms with van der Waals surface area (Å²) in [5.74, 6) is -1.32. The van der Waals surface area contributed by atoms with Crippen LogP contribution in [0.15, 0.2) is 29.3 Å². The predicted octanol–water partition coefficient (Wildman–Crippen LogP) is 5.39. The number of fused-ring (bicyclic) bond motifs is 1. The lowest BCUT2D eigenvalue weighted by molar-refractivity contribution is 0.512. The normalized spacial score (nSPS) is 11.1. The highest BCUT2D eigenvalue weighted by atomic mass is 35.5. The minimum absolute atomic E-state index is 0.0288. The lowest BCUT2D eigenvalue weighted by atomic mass is 10.1. The molecule has 0 aliphatic heterocycles. The molecule has 0 saturated carbocycles. The van der Waals surface area contributed by atoms with Crippen molar-refractivity contribution in [3.63, 3.8) is 0 Å². The first kappa shape index (κ1) is 20.4. The SMILES string of the molecule is CCCSNc1cc(F)c(F)c(Nc2ccc3ncn(C)c(=O)c3c2C)c1Cl. The highest BCUT2D eigenvalue weighted by Gasteiger charge is 2.19. The summed E-state index contributed by atoms with van der Waals surface area (Å²) in [7, 11) is 1.60. The number of benzene rings is 2. The Bertz CT molecular complexity index is 1100. The van der Waals surface area contributed by atoms with E-state index in [1.807, 2.05) is 6.92 Å². The van der Waals surface area contributed by atoms with Crippen molar-refractivity contribution in [2.24, 2.45) is 7.05 Å². The van der Waals surface area contributed by atoms with Crippen LogP contribution in [0.2, 0.25) is 5.02 Å². The topological polar surface area (TPSA) is 59.0 Å². The molecule has 0 amide bonds. The van der Waals surface area contributed by atoms with Crippen molar-refractivity contribution in [1.29, 1.82) is 0 Å². The molecule has 0 unspecified atom stereocenters. The van der Waals surface area contributed by atoms with Gasteiger partial charge in [0.25, 0.3) is 5.56 Å². The fourth-order valence-electron chi connectivity index (χ4n) is 2.74. The average molecular weight is 425 g/mol. The molecule has 0 atom stereocenters. The molecular formula is C19H19ClF2N4OS. The number of anilines is 3. The quantitative estimate of drug-likeness (QED) is 0.316. The lowest BCUT2D eigenvalue weighted by Crippen LogP contribution is -2.18. The molecule has 148 valence electrons. The Labute approximate surface area is 170 Å². The summed E-state index contributed by atoms with van der Waals surface area (Å²) in [5.41, 5.74) is 1.39. The second-order valence-electron chi connectivity index (χ2n) is 6.28. The highest BCUT2D eigenvalue weighted by Crippen LogP contribution is 2.38. The largest absolute Gasteiger partial charge is 0.352 e. The van der Waals surface area contributed by atoms with Crippen LogP contribution in [0.25, 0.3) is 10.9 Å². The van der Waals surface area contributed by atoms with Crippen molar-refractivity contribution >= 4 is 51.5 Å². The van der Waals surface area contributed by atoms with E-state index in [-0.39, 0.29) is 22.0 Å². The van der Waals surface area contributed by atoms with Gasteiger partial charge in [0.15, 0.2) is 11.6 Å². The minimum Gasteiger partial charge on any atom is -0.352 e. The number of nitrogens with one attached hydrogen (secondary N) is 2. The van der Waals surface area contributed by atoms with Crippen LogP contribution >= 0.6 is 23.5 Å². The van der Waals surface area contributed by atoms with Crippen molar-refractivity contribution in [2.75, 3.05) is 15.8 Å². The molecule has 9 heteroatoms. The van der Waals surface area contributed by atoms with E-state index >= 15 is 0 Å². The predicted molar refractivity (Wildman–Crippen MR) is 113 cm³/mol. The van der Waals surface area contributed by atoms with Crippen LogP contribution in [0.1, 0.15) is 18.9 Å². The van der Waals surface area contributed by atoms with Gasteiger partial charge in [-0.05, 0) is 31.0 Å². The van der Waals surface area contributed by atoms with Gasteiger partial charge in [-0.15, -0.1) is 0 Å². The van der Waals surface area contributed by atoms with Gasteiger partial charge in [-0.25, -0.2) is 13.8 Å². The molecule has 1 aromatic heterocycles. The van der Waals surface area contributed by atoms with E-state index in [0.29, 0.717) is 22.2 Å². The zero-order chi connectivity index (χ0) is 20.4. The zero-order valence-electron chi connectivity index (χ0n) is 15.6. The van der Waals surface area contributed by atoms with Gasteiger partial charge in [-0.3, -0.25) is 4.79 Å². The molecule has 28 heavy (non-hydrogen) atoms. The Morgan fingerprint density at radius 2 is 2.04 bits per heavy atom. The third kappa shape index (κ3) is 3.79. The van der Waals surface area contributed by atoms with E-state index in [1.165, 1.54) is 22.8 Å². The number of halogens is 3. The Balaban J connectivity index is 2.07. The summed E-state index contributed by atoms with van der Waals surface area (Å²) < 4.78 is 32.9. The second kappa shape index (κ2) is 8.36. The van der Waals surface area contributed by atoms with Gasteiger partial charge in [0, 0.05) is 24.6 Å². The van der Waals surface area contributed by atoms with Crippen LogP contribution in [-0.2, 0) is 7.05 Å². The van der Waals surface area contributed by atoms with Gasteiger partial charge in [-0.2, -0.15) is 0 Å². The molecule has 0 fully saturated rings. The number of nitrogens with zero attached hydrogens (tertiary/aromatic N) is 2. The molecule has 0 radical (unpaired) electrons. The Morgan fingerprint density at radius 3 is 2.75 bits per heavy atom. The summed E-state index contributed by atoms with van der Waals surface area (Å²) in [6, 6.07) is 4.33. The van der Waals surface area contributed by atoms with E-state index in [9.17, 15) is 13.6 Å². The third-order valence-electron chi connectivity index (χ3n) is 4.25. The first-order valence-corrected chi connectivity index (χ1v) is 9.98. The zero-order valence-corrected chi connectivity index (χ0v) is 17.1. The van der Waals surface area contributed by atoms with Crippen LogP contribution in [0.4, 0.5) is 25.8 Å². The van der Waals surface area contributed by atoms with Gasteiger partial charge >= 0.3 is 0 Å². The van der Waals surface area contributed by atoms with E-state index < -0.39 is 11.6 Å². The van der Waals surface area contributed by atoms with Crippen LogP contribution in [0.5, 0.6) is 0 Å². The van der Waals surface area contributed by atoms with Gasteiger partial charge in [-0.1, -0.05) is 30.5 Å². The van der Waals surface area contributed by atoms with Crippen molar-refractivity contribution in [1.82, 2.24) is 9.55 Å². The summed E-state index contributed by atoms with van der Waals surface area (Å²) in [4.78, 5) is 16.7. The van der Waals surface area contributed by atoms with Crippen LogP contribution in [-0.4, -0.2) is 15.3 Å². The maximum atomic E-state index is 14.5. The third-order valence-corrected chi connectivity index (χ3v) is 5.62. The number of rotatable bonds is 6. The lowest BCUT2D eigenvalue weighted by Gasteiger charge is -2.16. The molecule has 3 rings (SSSR count). The Morgan fingerprint density at radius 1 is 1.29 bits per heavy atom. The molecular weight excluding hydrogens is 406 g/mol. The van der Waals surface area contributed by atoms with E-state index in [2.05, 4.69) is 15.0 Å². The summed E-state index contributed by atoms with van der Waals surface area (Å²) in [6.45, 7) is 3.73. The van der Waals surface area contributed by atoms with Gasteiger partial charge in [0.1, 0.15) is 0 Å². The van der Waals surface area contributed by atoms with Crippen molar-refractivity contribution in [3.8, 4) is 0 Å². The Hall–Kier alpha value is -2.32. The number of hydrogen-bond donors (Lipinski definition) is 2. The maximum Gasteiger partial charge on any atom is 0.261 e. The first-order chi connectivity index (χ1) is 13.3. The molecule has 1 heterocycles. The second-order valence-corrected chi connectivity index (χ2v) is 7.56. The molecule has 5 nitrogen and oxygen atoms in total. The number of aromatic nitrogens is 2. The van der Waals surface area contributed by atoms with Crippen molar-refractivity contribution < 1.29 is 8.78 Å². The molecule has 3 aromatic rings. The summed E-state index contributed by atoms with van der Waals surface area (Å²) in [5, 5.41) is 3.28. The molecule has 0 spiro atoms. The van der Waals surface area contributed by atoms with Crippen molar-refractivity contribution in [2.45, 2.75) is 20.3 Å². The van der Waals surface area contributed by atoms with E-state index in [4.69, 9.17) is 11.6 Å². The molecule has 2 aromatic carbocycles. The number of aryl methyl sites for hydroxylation is 2. The van der Waals surface area contributed by atoms with Gasteiger partial charge in [0.05, 0.1) is 33.6 Å². The van der Waals surface area contributed by atoms with Crippen LogP contribution < -0.4 is 15.6 Å². The van der Waals surface area contributed by atoms with Crippen molar-refractivity contribution in [3.05, 3.63) is 57.1 Å². The maximum absolute atomic E-state index is 14.5. The molecule has 2 N–H and O–H groups in total. The monoisotopic (exact) mass is 424 g/mol. The Kier molecular flexibility index (Phi) is 6.10. The molecule has 0 bridgehead atoms. The fourth-order valence-corrected chi connectivity index (χ4v) is 3.65.